The molecule has 4 N–H and O–H groups in total. The van der Waals surface area contributed by atoms with Gasteiger partial charge in [0.1, 0.15) is 0 Å². The Morgan fingerprint density at radius 3 is 2.88 bits per heavy atom. The van der Waals surface area contributed by atoms with Gasteiger partial charge in [0, 0.05) is 6.21 Å². The van der Waals surface area contributed by atoms with Gasteiger partial charge in [0.25, 0.3) is 5.91 Å². The summed E-state index contributed by atoms with van der Waals surface area (Å²) in [4.78, 5) is 19.1. The van der Waals surface area contributed by atoms with Gasteiger partial charge in [-0.2, -0.15) is 4.99 Å². The molecule has 0 aliphatic carbocycles. The van der Waals surface area contributed by atoms with Crippen LogP contribution >= 0.6 is 0 Å². The number of carbonyl (C=O) groups excluding carboxylic acids is 1. The van der Waals surface area contributed by atoms with Gasteiger partial charge in [-0.1, -0.05) is 24.3 Å². The van der Waals surface area contributed by atoms with E-state index >= 15 is 0 Å². The first kappa shape index (κ1) is 10.4. The van der Waals surface area contributed by atoms with E-state index in [4.69, 9.17) is 11.5 Å². The van der Waals surface area contributed by atoms with Crippen molar-refractivity contribution in [2.24, 2.45) is 21.5 Å². The molecule has 1 unspecified atom stereocenters. The van der Waals surface area contributed by atoms with Gasteiger partial charge < -0.3 is 11.5 Å². The number of rotatable bonds is 2. The molecular formula is C11H12N4O. The molecule has 5 nitrogen and oxygen atoms in total. The third kappa shape index (κ3) is 2.08. The fourth-order valence-electron chi connectivity index (χ4n) is 1.70. The summed E-state index contributed by atoms with van der Waals surface area (Å²) >= 11 is 0. The first-order chi connectivity index (χ1) is 7.66. The molecule has 1 heterocycles. The highest BCUT2D eigenvalue weighted by atomic mass is 16.1. The summed E-state index contributed by atoms with van der Waals surface area (Å²) in [6, 6.07) is 7.61. The van der Waals surface area contributed by atoms with Gasteiger partial charge in [-0.3, -0.25) is 9.79 Å². The Morgan fingerprint density at radius 2 is 2.12 bits per heavy atom. The maximum absolute atomic E-state index is 11.4. The topological polar surface area (TPSA) is 93.8 Å². The summed E-state index contributed by atoms with van der Waals surface area (Å²) in [5.41, 5.74) is 12.4. The van der Waals surface area contributed by atoms with Gasteiger partial charge in [-0.05, 0) is 11.1 Å². The van der Waals surface area contributed by atoms with Crippen LogP contribution in [0.25, 0.3) is 0 Å². The number of guanidine groups is 1. The van der Waals surface area contributed by atoms with Gasteiger partial charge in [-0.15, -0.1) is 0 Å². The fraction of sp³-hybridized carbons (Fsp3) is 0.182. The van der Waals surface area contributed by atoms with Crippen LogP contribution in [-0.2, 0) is 4.79 Å². The van der Waals surface area contributed by atoms with Crippen LogP contribution in [0.2, 0.25) is 0 Å². The third-order valence-electron chi connectivity index (χ3n) is 2.37. The monoisotopic (exact) mass is 216 g/mol. The second-order valence-electron chi connectivity index (χ2n) is 3.56. The van der Waals surface area contributed by atoms with E-state index in [9.17, 15) is 4.79 Å². The highest BCUT2D eigenvalue weighted by Crippen LogP contribution is 2.28. The fourth-order valence-corrected chi connectivity index (χ4v) is 1.70. The van der Waals surface area contributed by atoms with Crippen LogP contribution in [0.5, 0.6) is 0 Å². The Balaban J connectivity index is 2.12. The van der Waals surface area contributed by atoms with E-state index in [1.165, 1.54) is 0 Å². The second kappa shape index (κ2) is 4.14. The van der Waals surface area contributed by atoms with Gasteiger partial charge >= 0.3 is 0 Å². The predicted octanol–water partition coefficient (Wildman–Crippen LogP) is 0.350. The van der Waals surface area contributed by atoms with Crippen molar-refractivity contribution in [1.29, 1.82) is 0 Å². The van der Waals surface area contributed by atoms with Gasteiger partial charge in [-0.25, -0.2) is 0 Å². The van der Waals surface area contributed by atoms with E-state index in [2.05, 4.69) is 9.98 Å². The predicted molar refractivity (Wildman–Crippen MR) is 62.2 cm³/mol. The lowest BCUT2D eigenvalue weighted by Crippen LogP contribution is -2.24. The molecule has 2 rings (SSSR count). The van der Waals surface area contributed by atoms with E-state index in [0.717, 1.165) is 11.1 Å². The van der Waals surface area contributed by atoms with E-state index in [-0.39, 0.29) is 24.3 Å². The molecule has 0 bridgehead atoms. The Hall–Kier alpha value is -2.17. The van der Waals surface area contributed by atoms with Crippen molar-refractivity contribution >= 4 is 18.1 Å². The molecule has 0 radical (unpaired) electrons. The van der Waals surface area contributed by atoms with Crippen LogP contribution in [0.3, 0.4) is 0 Å². The standard InChI is InChI=1S/C11H12N4O/c12-11(13)15-10(16)5-9-8-4-2-1-3-7(8)6-14-9/h1-4,6,9H,5H2,(H4,12,13,15,16). The smallest absolute Gasteiger partial charge is 0.251 e. The first-order valence-electron chi connectivity index (χ1n) is 4.91. The van der Waals surface area contributed by atoms with Crippen LogP contribution < -0.4 is 11.5 Å². The van der Waals surface area contributed by atoms with Crippen LogP contribution in [0.4, 0.5) is 0 Å². The molecule has 0 saturated heterocycles. The molecule has 1 aromatic carbocycles. The van der Waals surface area contributed by atoms with Crippen LogP contribution in [0, 0.1) is 0 Å². The molecule has 0 saturated carbocycles. The van der Waals surface area contributed by atoms with Crippen molar-refractivity contribution in [2.75, 3.05) is 0 Å². The largest absolute Gasteiger partial charge is 0.370 e. The number of nitrogens with zero attached hydrogens (tertiary/aromatic N) is 2. The SMILES string of the molecule is NC(N)=NC(=O)CC1N=Cc2ccccc21. The van der Waals surface area contributed by atoms with Crippen molar-refractivity contribution in [3.05, 3.63) is 35.4 Å². The lowest BCUT2D eigenvalue weighted by Gasteiger charge is -2.06. The molecule has 0 fully saturated rings. The normalized spacial score (nSPS) is 16.9. The van der Waals surface area contributed by atoms with E-state index < -0.39 is 0 Å². The number of aliphatic imine (C=N–C) groups is 2. The summed E-state index contributed by atoms with van der Waals surface area (Å²) < 4.78 is 0. The number of hydrogen-bond donors (Lipinski definition) is 2. The zero-order valence-electron chi connectivity index (χ0n) is 8.63. The third-order valence-corrected chi connectivity index (χ3v) is 2.37. The molecule has 1 aliphatic heterocycles. The van der Waals surface area contributed by atoms with E-state index in [0.29, 0.717) is 0 Å². The van der Waals surface area contributed by atoms with Crippen molar-refractivity contribution in [3.63, 3.8) is 0 Å². The van der Waals surface area contributed by atoms with Crippen LogP contribution in [0.1, 0.15) is 23.6 Å². The number of carbonyl (C=O) groups is 1. The Morgan fingerprint density at radius 1 is 1.38 bits per heavy atom. The van der Waals surface area contributed by atoms with Crippen molar-refractivity contribution in [3.8, 4) is 0 Å². The van der Waals surface area contributed by atoms with Gasteiger partial charge in [0.2, 0.25) is 0 Å². The number of benzene rings is 1. The number of nitrogens with two attached hydrogens (primary N) is 2. The first-order valence-corrected chi connectivity index (χ1v) is 4.91. The zero-order chi connectivity index (χ0) is 11.5. The van der Waals surface area contributed by atoms with Crippen molar-refractivity contribution in [2.45, 2.75) is 12.5 Å². The lowest BCUT2D eigenvalue weighted by atomic mass is 10.0. The average Bonchev–Trinajstić information content (AvgIpc) is 2.61. The molecule has 1 aromatic rings. The van der Waals surface area contributed by atoms with Crippen LogP contribution in [-0.4, -0.2) is 18.1 Å². The highest BCUT2D eigenvalue weighted by molar-refractivity contribution is 5.93. The average molecular weight is 216 g/mol. The van der Waals surface area contributed by atoms with E-state index in [1.54, 1.807) is 6.21 Å². The summed E-state index contributed by atoms with van der Waals surface area (Å²) in [5, 5.41) is 0. The maximum atomic E-state index is 11.4. The van der Waals surface area contributed by atoms with Crippen LogP contribution in [0.15, 0.2) is 34.3 Å². The molecule has 82 valence electrons. The Labute approximate surface area is 92.9 Å². The lowest BCUT2D eigenvalue weighted by molar-refractivity contribution is -0.118. The minimum Gasteiger partial charge on any atom is -0.370 e. The second-order valence-corrected chi connectivity index (χ2v) is 3.56. The minimum absolute atomic E-state index is 0.160. The van der Waals surface area contributed by atoms with Crippen molar-refractivity contribution in [1.82, 2.24) is 0 Å². The molecule has 0 spiro atoms. The molecule has 5 heteroatoms. The maximum Gasteiger partial charge on any atom is 0.251 e. The summed E-state index contributed by atoms with van der Waals surface area (Å²) in [6.45, 7) is 0. The summed E-state index contributed by atoms with van der Waals surface area (Å²) in [7, 11) is 0. The molecule has 0 aromatic heterocycles. The molecule has 1 aliphatic rings. The summed E-state index contributed by atoms with van der Waals surface area (Å²) in [6.07, 6.45) is 1.97. The number of fused-ring (bicyclic) bond motifs is 1. The van der Waals surface area contributed by atoms with Gasteiger partial charge in [0.15, 0.2) is 5.96 Å². The Bertz CT molecular complexity index is 475. The highest BCUT2D eigenvalue weighted by Gasteiger charge is 2.20. The van der Waals surface area contributed by atoms with E-state index in [1.807, 2.05) is 24.3 Å². The molecular weight excluding hydrogens is 204 g/mol. The number of hydrogen-bond acceptors (Lipinski definition) is 2. The summed E-state index contributed by atoms with van der Waals surface area (Å²) in [5.74, 6) is -0.556. The van der Waals surface area contributed by atoms with Gasteiger partial charge in [0.05, 0.1) is 12.5 Å². The number of amides is 1. The minimum atomic E-state index is -0.348. The van der Waals surface area contributed by atoms with Crippen molar-refractivity contribution < 1.29 is 4.79 Å². The Kier molecular flexibility index (Phi) is 2.68. The molecule has 1 atom stereocenters. The zero-order valence-corrected chi connectivity index (χ0v) is 8.63. The molecule has 16 heavy (non-hydrogen) atoms. The molecule has 1 amide bonds. The quantitative estimate of drug-likeness (QED) is 0.551.